The number of terminal acetylenes is 1. The molecule has 1 aromatic carbocycles. The lowest BCUT2D eigenvalue weighted by atomic mass is 10.2. The second-order valence-corrected chi connectivity index (χ2v) is 4.32. The highest BCUT2D eigenvalue weighted by molar-refractivity contribution is 6.01. The van der Waals surface area contributed by atoms with E-state index in [0.29, 0.717) is 16.4 Å². The average Bonchev–Trinajstić information content (AvgIpc) is 2.79. The SMILES string of the molecule is C#Cc1cccc(OCCC(=O)ON2C(=O)CCC2=O)c1. The fourth-order valence-electron chi connectivity index (χ4n) is 1.73. The fourth-order valence-corrected chi connectivity index (χ4v) is 1.73. The third-order valence-electron chi connectivity index (χ3n) is 2.77. The maximum atomic E-state index is 11.5. The fraction of sp³-hybridized carbons (Fsp3) is 0.267. The summed E-state index contributed by atoms with van der Waals surface area (Å²) in [6.07, 6.45) is 5.32. The van der Waals surface area contributed by atoms with Gasteiger partial charge in [-0.15, -0.1) is 11.5 Å². The molecule has 6 heteroatoms. The van der Waals surface area contributed by atoms with Crippen molar-refractivity contribution in [1.82, 2.24) is 5.06 Å². The molecule has 6 nitrogen and oxygen atoms in total. The van der Waals surface area contributed by atoms with Crippen LogP contribution in [0.15, 0.2) is 24.3 Å². The van der Waals surface area contributed by atoms with Crippen LogP contribution in [0.4, 0.5) is 0 Å². The zero-order chi connectivity index (χ0) is 15.2. The predicted molar refractivity (Wildman–Crippen MR) is 71.7 cm³/mol. The summed E-state index contributed by atoms with van der Waals surface area (Å²) in [6, 6.07) is 6.87. The van der Waals surface area contributed by atoms with Crippen LogP contribution in [0.3, 0.4) is 0 Å². The number of amides is 2. The topological polar surface area (TPSA) is 72.9 Å². The summed E-state index contributed by atoms with van der Waals surface area (Å²) in [7, 11) is 0. The molecular weight excluding hydrogens is 274 g/mol. The van der Waals surface area contributed by atoms with E-state index in [1.165, 1.54) is 0 Å². The van der Waals surface area contributed by atoms with Crippen LogP contribution in [0.1, 0.15) is 24.8 Å². The van der Waals surface area contributed by atoms with Gasteiger partial charge in [0.15, 0.2) is 0 Å². The molecule has 0 saturated carbocycles. The maximum absolute atomic E-state index is 11.5. The van der Waals surface area contributed by atoms with Gasteiger partial charge in [0, 0.05) is 18.4 Å². The Morgan fingerprint density at radius 1 is 1.29 bits per heavy atom. The number of hydrogen-bond acceptors (Lipinski definition) is 5. The molecule has 1 aliphatic rings. The van der Waals surface area contributed by atoms with Gasteiger partial charge in [0.2, 0.25) is 0 Å². The van der Waals surface area contributed by atoms with Gasteiger partial charge < -0.3 is 9.57 Å². The minimum absolute atomic E-state index is 0.0586. The van der Waals surface area contributed by atoms with E-state index in [9.17, 15) is 14.4 Å². The molecule has 0 atom stereocenters. The normalized spacial score (nSPS) is 14.0. The van der Waals surface area contributed by atoms with E-state index in [1.807, 2.05) is 0 Å². The standard InChI is InChI=1S/C15H13NO5/c1-2-11-4-3-5-12(10-11)20-9-8-15(19)21-16-13(17)6-7-14(16)18/h1,3-5,10H,6-9H2. The maximum Gasteiger partial charge on any atom is 0.336 e. The first-order chi connectivity index (χ1) is 10.1. The van der Waals surface area contributed by atoms with Crippen LogP contribution >= 0.6 is 0 Å². The van der Waals surface area contributed by atoms with Crippen LogP contribution in [0.2, 0.25) is 0 Å². The van der Waals surface area contributed by atoms with E-state index in [-0.39, 0.29) is 25.9 Å². The number of benzene rings is 1. The van der Waals surface area contributed by atoms with Crippen LogP contribution < -0.4 is 4.74 Å². The Hall–Kier alpha value is -2.81. The van der Waals surface area contributed by atoms with Gasteiger partial charge in [-0.1, -0.05) is 12.0 Å². The summed E-state index contributed by atoms with van der Waals surface area (Å²) in [5.41, 5.74) is 0.670. The Balaban J connectivity index is 1.78. The van der Waals surface area contributed by atoms with E-state index < -0.39 is 17.8 Å². The largest absolute Gasteiger partial charge is 0.493 e. The molecule has 1 fully saturated rings. The highest BCUT2D eigenvalue weighted by Crippen LogP contribution is 2.14. The minimum atomic E-state index is -0.702. The molecule has 1 aromatic rings. The van der Waals surface area contributed by atoms with Gasteiger partial charge >= 0.3 is 5.97 Å². The molecule has 1 aliphatic heterocycles. The molecule has 0 bridgehead atoms. The third kappa shape index (κ3) is 3.83. The molecule has 1 saturated heterocycles. The molecule has 2 rings (SSSR count). The number of carbonyl (C=O) groups is 3. The minimum Gasteiger partial charge on any atom is -0.493 e. The van der Waals surface area contributed by atoms with Gasteiger partial charge in [0.05, 0.1) is 13.0 Å². The van der Waals surface area contributed by atoms with Crippen molar-refractivity contribution in [3.05, 3.63) is 29.8 Å². The number of imide groups is 1. The lowest BCUT2D eigenvalue weighted by Crippen LogP contribution is -2.32. The van der Waals surface area contributed by atoms with Crippen LogP contribution in [0.25, 0.3) is 0 Å². The summed E-state index contributed by atoms with van der Waals surface area (Å²) in [6.45, 7) is 0.0586. The Labute approximate surface area is 121 Å². The summed E-state index contributed by atoms with van der Waals surface area (Å²) in [5, 5.41) is 0.515. The van der Waals surface area contributed by atoms with Gasteiger partial charge in [-0.25, -0.2) is 4.79 Å². The number of rotatable bonds is 5. The number of hydrogen-bond donors (Lipinski definition) is 0. The summed E-state index contributed by atoms with van der Waals surface area (Å²) >= 11 is 0. The van der Waals surface area contributed by atoms with Crippen molar-refractivity contribution < 1.29 is 24.0 Å². The lowest BCUT2D eigenvalue weighted by molar-refractivity contribution is -0.197. The van der Waals surface area contributed by atoms with E-state index in [0.717, 1.165) is 0 Å². The van der Waals surface area contributed by atoms with Gasteiger partial charge in [-0.05, 0) is 18.2 Å². The summed E-state index contributed by atoms with van der Waals surface area (Å²) in [4.78, 5) is 38.8. The van der Waals surface area contributed by atoms with Gasteiger partial charge in [-0.2, -0.15) is 0 Å². The van der Waals surface area contributed by atoms with Gasteiger partial charge in [0.25, 0.3) is 11.8 Å². The second-order valence-electron chi connectivity index (χ2n) is 4.32. The first kappa shape index (κ1) is 14.6. The van der Waals surface area contributed by atoms with Crippen LogP contribution in [-0.4, -0.2) is 29.5 Å². The summed E-state index contributed by atoms with van der Waals surface area (Å²) < 4.78 is 5.35. The van der Waals surface area contributed by atoms with Crippen LogP contribution in [-0.2, 0) is 19.2 Å². The van der Waals surface area contributed by atoms with Crippen molar-refractivity contribution >= 4 is 17.8 Å². The zero-order valence-electron chi connectivity index (χ0n) is 11.2. The average molecular weight is 287 g/mol. The second kappa shape index (κ2) is 6.57. The van der Waals surface area contributed by atoms with E-state index in [4.69, 9.17) is 16.0 Å². The first-order valence-corrected chi connectivity index (χ1v) is 6.36. The molecule has 2 amide bonds. The number of ether oxygens (including phenoxy) is 1. The Bertz CT molecular complexity index is 601. The molecule has 0 aromatic heterocycles. The first-order valence-electron chi connectivity index (χ1n) is 6.36. The number of hydroxylamine groups is 2. The molecule has 0 aliphatic carbocycles. The Morgan fingerprint density at radius 3 is 2.67 bits per heavy atom. The molecule has 0 N–H and O–H groups in total. The molecule has 108 valence electrons. The van der Waals surface area contributed by atoms with Crippen molar-refractivity contribution in [2.24, 2.45) is 0 Å². The van der Waals surface area contributed by atoms with E-state index >= 15 is 0 Å². The van der Waals surface area contributed by atoms with Crippen LogP contribution in [0, 0.1) is 12.3 Å². The Kier molecular flexibility index (Phi) is 4.57. The number of carbonyl (C=O) groups excluding carboxylic acids is 3. The van der Waals surface area contributed by atoms with Crippen molar-refractivity contribution in [2.45, 2.75) is 19.3 Å². The zero-order valence-corrected chi connectivity index (χ0v) is 11.2. The van der Waals surface area contributed by atoms with Gasteiger partial charge in [0.1, 0.15) is 5.75 Å². The summed E-state index contributed by atoms with van der Waals surface area (Å²) in [5.74, 6) is 1.30. The molecule has 0 unspecified atom stereocenters. The van der Waals surface area contributed by atoms with Crippen molar-refractivity contribution in [3.63, 3.8) is 0 Å². The lowest BCUT2D eigenvalue weighted by Gasteiger charge is -2.12. The number of nitrogens with zero attached hydrogens (tertiary/aromatic N) is 1. The van der Waals surface area contributed by atoms with Crippen molar-refractivity contribution in [3.8, 4) is 18.1 Å². The van der Waals surface area contributed by atoms with E-state index in [1.54, 1.807) is 24.3 Å². The monoisotopic (exact) mass is 287 g/mol. The highest BCUT2D eigenvalue weighted by Gasteiger charge is 2.32. The Morgan fingerprint density at radius 2 is 2.00 bits per heavy atom. The molecule has 21 heavy (non-hydrogen) atoms. The quantitative estimate of drug-likeness (QED) is 0.597. The van der Waals surface area contributed by atoms with Crippen LogP contribution in [0.5, 0.6) is 5.75 Å². The predicted octanol–water partition coefficient (Wildman–Crippen LogP) is 1.04. The third-order valence-corrected chi connectivity index (χ3v) is 2.77. The molecule has 0 radical (unpaired) electrons. The van der Waals surface area contributed by atoms with E-state index in [2.05, 4.69) is 5.92 Å². The van der Waals surface area contributed by atoms with Crippen molar-refractivity contribution in [1.29, 1.82) is 0 Å². The van der Waals surface area contributed by atoms with Gasteiger partial charge in [-0.3, -0.25) is 9.59 Å². The highest BCUT2D eigenvalue weighted by atomic mass is 16.7. The molecule has 0 spiro atoms. The molecular formula is C15H13NO5. The molecule has 1 heterocycles. The van der Waals surface area contributed by atoms with Crippen molar-refractivity contribution in [2.75, 3.05) is 6.61 Å². The smallest absolute Gasteiger partial charge is 0.336 e.